The van der Waals surface area contributed by atoms with Crippen LogP contribution in [0.25, 0.3) is 0 Å². The number of hydrogen-bond donors (Lipinski definition) is 0. The summed E-state index contributed by atoms with van der Waals surface area (Å²) in [5.74, 6) is 1.34. The van der Waals surface area contributed by atoms with Gasteiger partial charge in [-0.15, -0.1) is 23.5 Å². The summed E-state index contributed by atoms with van der Waals surface area (Å²) in [5, 5.41) is 0.875. The van der Waals surface area contributed by atoms with Gasteiger partial charge in [0.05, 0.1) is 4.08 Å². The zero-order valence-electron chi connectivity index (χ0n) is 6.31. The fourth-order valence-electron chi connectivity index (χ4n) is 0.973. The third-order valence-corrected chi connectivity index (χ3v) is 5.49. The summed E-state index contributed by atoms with van der Waals surface area (Å²) in [5.41, 5.74) is 0. The van der Waals surface area contributed by atoms with Crippen LogP contribution in [0.3, 0.4) is 0 Å². The first kappa shape index (κ1) is 7.80. The summed E-state index contributed by atoms with van der Waals surface area (Å²) in [4.78, 5) is 0. The Labute approximate surface area is 66.2 Å². The van der Waals surface area contributed by atoms with E-state index >= 15 is 0 Å². The van der Waals surface area contributed by atoms with Crippen molar-refractivity contribution in [1.29, 1.82) is 0 Å². The molecule has 1 aliphatic rings. The lowest BCUT2D eigenvalue weighted by atomic mass is 10.4. The Morgan fingerprint density at radius 1 is 1.67 bits per heavy atom. The maximum Gasteiger partial charge on any atom is 0.0583 e. The van der Waals surface area contributed by atoms with Crippen LogP contribution in [0.15, 0.2) is 0 Å². The summed E-state index contributed by atoms with van der Waals surface area (Å²) in [6.45, 7) is 6.95. The first-order valence-corrected chi connectivity index (χ1v) is 5.34. The number of hydrogen-bond acceptors (Lipinski definition) is 2. The molecular formula is C7H14S2. The van der Waals surface area contributed by atoms with E-state index in [4.69, 9.17) is 0 Å². The van der Waals surface area contributed by atoms with Gasteiger partial charge in [-0.2, -0.15) is 0 Å². The summed E-state index contributed by atoms with van der Waals surface area (Å²) >= 11 is 4.25. The van der Waals surface area contributed by atoms with Crippen LogP contribution in [0.2, 0.25) is 0 Å². The molecule has 1 rings (SSSR count). The predicted molar refractivity (Wildman–Crippen MR) is 48.2 cm³/mol. The largest absolute Gasteiger partial charge is 0.143 e. The SMILES string of the molecule is CC[C@@]1(C)SC[C@H](C)S1. The molecule has 0 radical (unpaired) electrons. The van der Waals surface area contributed by atoms with Crippen molar-refractivity contribution in [3.63, 3.8) is 0 Å². The lowest BCUT2D eigenvalue weighted by molar-refractivity contribution is 0.853. The number of thioether (sulfide) groups is 2. The molecule has 0 unspecified atom stereocenters. The van der Waals surface area contributed by atoms with Gasteiger partial charge in [0.2, 0.25) is 0 Å². The van der Waals surface area contributed by atoms with Gasteiger partial charge >= 0.3 is 0 Å². The van der Waals surface area contributed by atoms with Crippen LogP contribution in [-0.4, -0.2) is 15.1 Å². The van der Waals surface area contributed by atoms with E-state index in [9.17, 15) is 0 Å². The minimum absolute atomic E-state index is 0.541. The molecule has 0 N–H and O–H groups in total. The molecule has 0 nitrogen and oxygen atoms in total. The Bertz CT molecular complexity index is 103. The molecule has 2 heteroatoms. The number of rotatable bonds is 1. The Kier molecular flexibility index (Phi) is 2.38. The van der Waals surface area contributed by atoms with Gasteiger partial charge < -0.3 is 0 Å². The molecule has 1 heterocycles. The van der Waals surface area contributed by atoms with E-state index in [0.717, 1.165) is 5.25 Å². The van der Waals surface area contributed by atoms with Gasteiger partial charge in [0.15, 0.2) is 0 Å². The van der Waals surface area contributed by atoms with Gasteiger partial charge in [-0.3, -0.25) is 0 Å². The monoisotopic (exact) mass is 162 g/mol. The second kappa shape index (κ2) is 2.75. The second-order valence-corrected chi connectivity index (χ2v) is 6.45. The Hall–Kier alpha value is 0.700. The molecule has 0 saturated carbocycles. The quantitative estimate of drug-likeness (QED) is 0.581. The van der Waals surface area contributed by atoms with E-state index in [0.29, 0.717) is 4.08 Å². The van der Waals surface area contributed by atoms with Crippen LogP contribution in [0.5, 0.6) is 0 Å². The lowest BCUT2D eigenvalue weighted by Crippen LogP contribution is -2.08. The van der Waals surface area contributed by atoms with Gasteiger partial charge in [0.25, 0.3) is 0 Å². The van der Waals surface area contributed by atoms with Crippen LogP contribution in [0, 0.1) is 0 Å². The van der Waals surface area contributed by atoms with E-state index in [1.54, 1.807) is 0 Å². The first-order chi connectivity index (χ1) is 4.16. The van der Waals surface area contributed by atoms with Crippen molar-refractivity contribution >= 4 is 23.5 Å². The zero-order chi connectivity index (χ0) is 6.91. The third kappa shape index (κ3) is 1.81. The fraction of sp³-hybridized carbons (Fsp3) is 1.00. The predicted octanol–water partition coefficient (Wildman–Crippen LogP) is 2.98. The molecule has 0 aromatic rings. The highest BCUT2D eigenvalue weighted by molar-refractivity contribution is 8.21. The maximum absolute atomic E-state index is 2.35. The van der Waals surface area contributed by atoms with Crippen molar-refractivity contribution in [2.45, 2.75) is 36.5 Å². The average Bonchev–Trinajstić information content (AvgIpc) is 2.13. The van der Waals surface area contributed by atoms with E-state index in [-0.39, 0.29) is 0 Å². The first-order valence-electron chi connectivity index (χ1n) is 3.48. The molecule has 0 aromatic carbocycles. The molecule has 0 aliphatic carbocycles. The topological polar surface area (TPSA) is 0 Å². The van der Waals surface area contributed by atoms with Crippen LogP contribution in [0.4, 0.5) is 0 Å². The molecule has 2 atom stereocenters. The van der Waals surface area contributed by atoms with Gasteiger partial charge in [-0.05, 0) is 13.3 Å². The molecular weight excluding hydrogens is 148 g/mol. The Morgan fingerprint density at radius 2 is 2.33 bits per heavy atom. The normalized spacial score (nSPS) is 43.7. The van der Waals surface area contributed by atoms with E-state index in [1.165, 1.54) is 12.2 Å². The highest BCUT2D eigenvalue weighted by Gasteiger charge is 2.32. The van der Waals surface area contributed by atoms with E-state index in [1.807, 2.05) is 0 Å². The smallest absolute Gasteiger partial charge is 0.0583 e. The van der Waals surface area contributed by atoms with Crippen molar-refractivity contribution in [2.75, 3.05) is 5.75 Å². The average molecular weight is 162 g/mol. The Balaban J connectivity index is 2.45. The van der Waals surface area contributed by atoms with Crippen molar-refractivity contribution in [2.24, 2.45) is 0 Å². The van der Waals surface area contributed by atoms with Gasteiger partial charge in [0, 0.05) is 11.0 Å². The highest BCUT2D eigenvalue weighted by atomic mass is 32.2. The van der Waals surface area contributed by atoms with Crippen LogP contribution in [-0.2, 0) is 0 Å². The summed E-state index contributed by atoms with van der Waals surface area (Å²) < 4.78 is 0.541. The summed E-state index contributed by atoms with van der Waals surface area (Å²) in [6.07, 6.45) is 1.30. The van der Waals surface area contributed by atoms with E-state index in [2.05, 4.69) is 44.3 Å². The molecule has 0 amide bonds. The summed E-state index contributed by atoms with van der Waals surface area (Å²) in [7, 11) is 0. The van der Waals surface area contributed by atoms with E-state index < -0.39 is 0 Å². The minimum Gasteiger partial charge on any atom is -0.143 e. The third-order valence-electron chi connectivity index (χ3n) is 1.72. The molecule has 1 fully saturated rings. The van der Waals surface area contributed by atoms with Crippen LogP contribution < -0.4 is 0 Å². The van der Waals surface area contributed by atoms with Crippen molar-refractivity contribution in [3.8, 4) is 0 Å². The zero-order valence-corrected chi connectivity index (χ0v) is 7.94. The molecule has 1 aliphatic heterocycles. The van der Waals surface area contributed by atoms with Crippen LogP contribution in [0.1, 0.15) is 27.2 Å². The highest BCUT2D eigenvalue weighted by Crippen LogP contribution is 2.49. The fourth-order valence-corrected chi connectivity index (χ4v) is 4.23. The standard InChI is InChI=1S/C7H14S2/c1-4-7(3)8-5-6(2)9-7/h6H,4-5H2,1-3H3/t6-,7-/m0/s1. The maximum atomic E-state index is 2.35. The summed E-state index contributed by atoms with van der Waals surface area (Å²) in [6, 6.07) is 0. The minimum atomic E-state index is 0.541. The van der Waals surface area contributed by atoms with Crippen LogP contribution >= 0.6 is 23.5 Å². The lowest BCUT2D eigenvalue weighted by Gasteiger charge is -2.18. The van der Waals surface area contributed by atoms with Gasteiger partial charge in [-0.25, -0.2) is 0 Å². The van der Waals surface area contributed by atoms with Crippen molar-refractivity contribution in [1.82, 2.24) is 0 Å². The van der Waals surface area contributed by atoms with Crippen molar-refractivity contribution < 1.29 is 0 Å². The second-order valence-electron chi connectivity index (χ2n) is 2.73. The van der Waals surface area contributed by atoms with Crippen molar-refractivity contribution in [3.05, 3.63) is 0 Å². The molecule has 9 heavy (non-hydrogen) atoms. The molecule has 54 valence electrons. The molecule has 0 aromatic heterocycles. The Morgan fingerprint density at radius 3 is 2.56 bits per heavy atom. The molecule has 0 bridgehead atoms. The van der Waals surface area contributed by atoms with Gasteiger partial charge in [0.1, 0.15) is 0 Å². The molecule has 0 spiro atoms. The molecule has 1 saturated heterocycles. The van der Waals surface area contributed by atoms with Gasteiger partial charge in [-0.1, -0.05) is 13.8 Å².